The molecular formula is C14H20NO+. The quantitative estimate of drug-likeness (QED) is 0.809. The summed E-state index contributed by atoms with van der Waals surface area (Å²) in [6.07, 6.45) is 0.983. The van der Waals surface area contributed by atoms with Gasteiger partial charge in [0.1, 0.15) is 0 Å². The molecule has 0 radical (unpaired) electrons. The molecule has 0 aliphatic heterocycles. The molecule has 2 atom stereocenters. The van der Waals surface area contributed by atoms with Crippen molar-refractivity contribution in [3.05, 3.63) is 35.4 Å². The maximum atomic E-state index is 11.1. The van der Waals surface area contributed by atoms with E-state index in [-0.39, 0.29) is 17.2 Å². The SMILES string of the molecule is CC(C)(C)c1ccc(C2CC2C([NH3+])=O)cc1. The first-order valence-electron chi connectivity index (χ1n) is 5.86. The van der Waals surface area contributed by atoms with Gasteiger partial charge in [0.25, 0.3) is 0 Å². The van der Waals surface area contributed by atoms with Gasteiger partial charge in [-0.1, -0.05) is 45.0 Å². The standard InChI is InChI=1S/C14H19NO/c1-14(2,3)10-6-4-9(5-7-10)11-8-12(11)13(15)16/h4-7,11-12H,8H2,1-3H3,(H2,15,16)/p+1. The first-order chi connectivity index (χ1) is 7.39. The molecule has 1 aromatic rings. The molecule has 3 N–H and O–H groups in total. The summed E-state index contributed by atoms with van der Waals surface area (Å²) < 4.78 is 0. The van der Waals surface area contributed by atoms with E-state index in [0.29, 0.717) is 5.92 Å². The van der Waals surface area contributed by atoms with Crippen molar-refractivity contribution in [2.24, 2.45) is 5.92 Å². The third kappa shape index (κ3) is 2.17. The summed E-state index contributed by atoms with van der Waals surface area (Å²) in [4.78, 5) is 11.1. The van der Waals surface area contributed by atoms with Gasteiger partial charge in [-0.05, 0) is 23.0 Å². The molecule has 2 heteroatoms. The maximum absolute atomic E-state index is 11.1. The lowest BCUT2D eigenvalue weighted by Crippen LogP contribution is -2.58. The van der Waals surface area contributed by atoms with Crippen LogP contribution in [0.25, 0.3) is 0 Å². The van der Waals surface area contributed by atoms with Crippen molar-refractivity contribution in [3.63, 3.8) is 0 Å². The molecule has 0 spiro atoms. The summed E-state index contributed by atoms with van der Waals surface area (Å²) in [6.45, 7) is 6.63. The van der Waals surface area contributed by atoms with E-state index in [1.807, 2.05) is 0 Å². The van der Waals surface area contributed by atoms with Crippen molar-refractivity contribution in [1.29, 1.82) is 0 Å². The Hall–Kier alpha value is -1.15. The van der Waals surface area contributed by atoms with Gasteiger partial charge in [-0.2, -0.15) is 0 Å². The zero-order valence-corrected chi connectivity index (χ0v) is 10.3. The second-order valence-electron chi connectivity index (χ2n) is 5.79. The van der Waals surface area contributed by atoms with Gasteiger partial charge < -0.3 is 0 Å². The Balaban J connectivity index is 2.13. The summed E-state index contributed by atoms with van der Waals surface area (Å²) in [7, 11) is 0. The van der Waals surface area contributed by atoms with Gasteiger partial charge in [-0.3, -0.25) is 5.73 Å². The summed E-state index contributed by atoms with van der Waals surface area (Å²) in [5.41, 5.74) is 6.32. The van der Waals surface area contributed by atoms with E-state index < -0.39 is 0 Å². The van der Waals surface area contributed by atoms with Gasteiger partial charge in [-0.25, -0.2) is 4.79 Å². The number of carbonyl (C=O) groups is 1. The Morgan fingerprint density at radius 1 is 1.25 bits per heavy atom. The van der Waals surface area contributed by atoms with Crippen LogP contribution >= 0.6 is 0 Å². The number of hydrogen-bond acceptors (Lipinski definition) is 1. The molecule has 1 saturated carbocycles. The van der Waals surface area contributed by atoms with E-state index in [2.05, 4.69) is 50.8 Å². The Morgan fingerprint density at radius 2 is 1.81 bits per heavy atom. The van der Waals surface area contributed by atoms with Crippen LogP contribution in [-0.4, -0.2) is 5.91 Å². The lowest BCUT2D eigenvalue weighted by Gasteiger charge is -2.19. The van der Waals surface area contributed by atoms with Crippen molar-refractivity contribution in [1.82, 2.24) is 0 Å². The Morgan fingerprint density at radius 3 is 2.19 bits per heavy atom. The summed E-state index contributed by atoms with van der Waals surface area (Å²) in [5.74, 6) is 0.699. The second-order valence-corrected chi connectivity index (χ2v) is 5.79. The normalized spacial score (nSPS) is 24.2. The van der Waals surface area contributed by atoms with Crippen LogP contribution in [0.5, 0.6) is 0 Å². The zero-order chi connectivity index (χ0) is 11.9. The van der Waals surface area contributed by atoms with Crippen LogP contribution < -0.4 is 5.73 Å². The molecule has 1 aliphatic carbocycles. The van der Waals surface area contributed by atoms with Crippen molar-refractivity contribution in [3.8, 4) is 0 Å². The van der Waals surface area contributed by atoms with Gasteiger partial charge in [0.2, 0.25) is 0 Å². The molecule has 86 valence electrons. The maximum Gasteiger partial charge on any atom is 0.312 e. The fourth-order valence-electron chi connectivity index (χ4n) is 2.15. The monoisotopic (exact) mass is 218 g/mol. The van der Waals surface area contributed by atoms with Crippen LogP contribution in [0, 0.1) is 5.92 Å². The third-order valence-corrected chi connectivity index (χ3v) is 3.41. The highest BCUT2D eigenvalue weighted by Crippen LogP contribution is 2.47. The molecule has 0 heterocycles. The zero-order valence-electron chi connectivity index (χ0n) is 10.3. The van der Waals surface area contributed by atoms with Crippen LogP contribution in [0.1, 0.15) is 44.2 Å². The molecule has 1 fully saturated rings. The van der Waals surface area contributed by atoms with Crippen molar-refractivity contribution < 1.29 is 10.5 Å². The van der Waals surface area contributed by atoms with Gasteiger partial charge in [0, 0.05) is 5.92 Å². The molecule has 2 unspecified atom stereocenters. The van der Waals surface area contributed by atoms with Crippen LogP contribution in [0.4, 0.5) is 0 Å². The topological polar surface area (TPSA) is 44.7 Å². The largest absolute Gasteiger partial charge is 0.312 e. The van der Waals surface area contributed by atoms with Crippen LogP contribution in [0.2, 0.25) is 0 Å². The highest BCUT2D eigenvalue weighted by Gasteiger charge is 2.45. The van der Waals surface area contributed by atoms with Crippen LogP contribution in [0.15, 0.2) is 24.3 Å². The first kappa shape index (κ1) is 11.3. The molecule has 0 bridgehead atoms. The van der Waals surface area contributed by atoms with Crippen molar-refractivity contribution >= 4 is 5.91 Å². The predicted octanol–water partition coefficient (Wildman–Crippen LogP) is 1.86. The minimum absolute atomic E-state index is 0.0879. The highest BCUT2D eigenvalue weighted by atomic mass is 16.1. The number of rotatable bonds is 2. The average Bonchev–Trinajstić information content (AvgIpc) is 2.96. The molecule has 2 rings (SSSR count). The van der Waals surface area contributed by atoms with Gasteiger partial charge in [-0.15, -0.1) is 0 Å². The highest BCUT2D eigenvalue weighted by molar-refractivity contribution is 5.73. The Labute approximate surface area is 96.8 Å². The summed E-state index contributed by atoms with van der Waals surface area (Å²) >= 11 is 0. The van der Waals surface area contributed by atoms with Gasteiger partial charge in [0.05, 0.1) is 5.92 Å². The number of quaternary nitrogens is 1. The lowest BCUT2D eigenvalue weighted by molar-refractivity contribution is -0.308. The van der Waals surface area contributed by atoms with E-state index in [1.54, 1.807) is 0 Å². The number of carbonyl (C=O) groups excluding carboxylic acids is 1. The Bertz CT molecular complexity index is 400. The predicted molar refractivity (Wildman–Crippen MR) is 63.9 cm³/mol. The van der Waals surface area contributed by atoms with Crippen molar-refractivity contribution in [2.75, 3.05) is 0 Å². The molecule has 1 amide bonds. The smallest absolute Gasteiger partial charge is 0.294 e. The van der Waals surface area contributed by atoms with Crippen LogP contribution in [0.3, 0.4) is 0 Å². The van der Waals surface area contributed by atoms with Crippen LogP contribution in [-0.2, 0) is 10.2 Å². The van der Waals surface area contributed by atoms with Crippen molar-refractivity contribution in [2.45, 2.75) is 38.5 Å². The van der Waals surface area contributed by atoms with E-state index in [4.69, 9.17) is 0 Å². The first-order valence-corrected chi connectivity index (χ1v) is 5.86. The second kappa shape index (κ2) is 3.70. The molecule has 1 aliphatic rings. The molecule has 1 aromatic carbocycles. The lowest BCUT2D eigenvalue weighted by atomic mass is 9.86. The summed E-state index contributed by atoms with van der Waals surface area (Å²) in [5, 5.41) is 0. The number of hydrogen-bond donors (Lipinski definition) is 1. The minimum Gasteiger partial charge on any atom is -0.294 e. The fraction of sp³-hybridized carbons (Fsp3) is 0.500. The molecule has 0 saturated heterocycles. The average molecular weight is 218 g/mol. The van der Waals surface area contributed by atoms with Gasteiger partial charge in [0.15, 0.2) is 0 Å². The molecular weight excluding hydrogens is 198 g/mol. The molecule has 2 nitrogen and oxygen atoms in total. The van der Waals surface area contributed by atoms with E-state index in [1.165, 1.54) is 11.1 Å². The third-order valence-electron chi connectivity index (χ3n) is 3.41. The van der Waals surface area contributed by atoms with E-state index in [9.17, 15) is 4.79 Å². The van der Waals surface area contributed by atoms with E-state index >= 15 is 0 Å². The molecule has 16 heavy (non-hydrogen) atoms. The van der Waals surface area contributed by atoms with E-state index in [0.717, 1.165) is 6.42 Å². The fourth-order valence-corrected chi connectivity index (χ4v) is 2.15. The number of amides is 1. The Kier molecular flexibility index (Phi) is 2.62. The van der Waals surface area contributed by atoms with Gasteiger partial charge >= 0.3 is 5.91 Å². The molecule has 0 aromatic heterocycles. The number of benzene rings is 1. The summed E-state index contributed by atoms with van der Waals surface area (Å²) in [6, 6.07) is 8.68. The minimum atomic E-state index is 0.0879.